The molecule has 2 rings (SSSR count). The molecule has 2 saturated heterocycles. The highest BCUT2D eigenvalue weighted by Gasteiger charge is 2.47. The predicted octanol–water partition coefficient (Wildman–Crippen LogP) is -0.0528. The summed E-state index contributed by atoms with van der Waals surface area (Å²) in [5, 5.41) is 9.68. The fraction of sp³-hybridized carbons (Fsp3) is 0.800. The summed E-state index contributed by atoms with van der Waals surface area (Å²) in [4.78, 5) is 24.1. The van der Waals surface area contributed by atoms with Crippen molar-refractivity contribution in [3.05, 3.63) is 0 Å². The third-order valence-electron chi connectivity index (χ3n) is 3.23. The van der Waals surface area contributed by atoms with Gasteiger partial charge in [0.2, 0.25) is 5.91 Å². The highest BCUT2D eigenvalue weighted by atomic mass is 16.3. The van der Waals surface area contributed by atoms with Crippen LogP contribution in [0.4, 0.5) is 0 Å². The Bertz CT molecular complexity index is 277. The molecule has 1 amide bonds. The van der Waals surface area contributed by atoms with Crippen LogP contribution in [0.5, 0.6) is 0 Å². The summed E-state index contributed by atoms with van der Waals surface area (Å²) in [6.07, 6.45) is 1.02. The van der Waals surface area contributed by atoms with Crippen LogP contribution in [-0.2, 0) is 9.59 Å². The van der Waals surface area contributed by atoms with Gasteiger partial charge in [0.1, 0.15) is 5.78 Å². The SMILES string of the molecule is CC(=O)C[C@H]1CCN2C(=O)C[C@H](O)[C@@H]12. The predicted molar refractivity (Wildman–Crippen MR) is 49.5 cm³/mol. The Morgan fingerprint density at radius 3 is 3.00 bits per heavy atom. The van der Waals surface area contributed by atoms with Crippen LogP contribution in [-0.4, -0.2) is 40.4 Å². The molecule has 0 unspecified atom stereocenters. The zero-order chi connectivity index (χ0) is 10.3. The second kappa shape index (κ2) is 3.35. The summed E-state index contributed by atoms with van der Waals surface area (Å²) in [6.45, 7) is 2.27. The molecule has 4 heteroatoms. The number of amides is 1. The van der Waals surface area contributed by atoms with Crippen molar-refractivity contribution in [3.63, 3.8) is 0 Å². The van der Waals surface area contributed by atoms with Crippen molar-refractivity contribution in [2.75, 3.05) is 6.54 Å². The first kappa shape index (κ1) is 9.65. The van der Waals surface area contributed by atoms with Crippen molar-refractivity contribution in [2.45, 2.75) is 38.3 Å². The first-order valence-electron chi connectivity index (χ1n) is 5.06. The second-order valence-corrected chi connectivity index (χ2v) is 4.30. The summed E-state index contributed by atoms with van der Waals surface area (Å²) in [5.74, 6) is 0.353. The zero-order valence-electron chi connectivity index (χ0n) is 8.27. The quantitative estimate of drug-likeness (QED) is 0.675. The molecule has 1 N–H and O–H groups in total. The molecular weight excluding hydrogens is 182 g/mol. The maximum Gasteiger partial charge on any atom is 0.225 e. The van der Waals surface area contributed by atoms with E-state index in [1.165, 1.54) is 0 Å². The van der Waals surface area contributed by atoms with Crippen molar-refractivity contribution < 1.29 is 14.7 Å². The lowest BCUT2D eigenvalue weighted by molar-refractivity contribution is -0.128. The highest BCUT2D eigenvalue weighted by Crippen LogP contribution is 2.35. The molecule has 3 atom stereocenters. The number of Topliss-reactive ketones (excluding diaryl/α,β-unsaturated/α-hetero) is 1. The van der Waals surface area contributed by atoms with E-state index < -0.39 is 6.10 Å². The molecule has 0 saturated carbocycles. The van der Waals surface area contributed by atoms with Gasteiger partial charge in [0.25, 0.3) is 0 Å². The minimum Gasteiger partial charge on any atom is -0.390 e. The molecule has 4 nitrogen and oxygen atoms in total. The van der Waals surface area contributed by atoms with E-state index in [2.05, 4.69) is 0 Å². The molecule has 0 bridgehead atoms. The average molecular weight is 197 g/mol. The van der Waals surface area contributed by atoms with E-state index in [9.17, 15) is 14.7 Å². The molecule has 0 aromatic rings. The van der Waals surface area contributed by atoms with Gasteiger partial charge in [-0.05, 0) is 19.3 Å². The monoisotopic (exact) mass is 197 g/mol. The molecule has 2 aliphatic rings. The molecule has 0 aromatic heterocycles. The van der Waals surface area contributed by atoms with Crippen LogP contribution < -0.4 is 0 Å². The van der Waals surface area contributed by atoms with Gasteiger partial charge in [0.05, 0.1) is 18.6 Å². The van der Waals surface area contributed by atoms with Gasteiger partial charge in [-0.3, -0.25) is 4.79 Å². The summed E-state index contributed by atoms with van der Waals surface area (Å²) in [6, 6.07) is -0.0913. The number of carbonyl (C=O) groups excluding carboxylic acids is 2. The summed E-state index contributed by atoms with van der Waals surface area (Å²) in [5.41, 5.74) is 0. The fourth-order valence-electron chi connectivity index (χ4n) is 2.70. The zero-order valence-corrected chi connectivity index (χ0v) is 8.27. The topological polar surface area (TPSA) is 57.6 Å². The Morgan fingerprint density at radius 2 is 2.36 bits per heavy atom. The number of carbonyl (C=O) groups is 2. The van der Waals surface area contributed by atoms with Crippen LogP contribution in [0, 0.1) is 5.92 Å². The Hall–Kier alpha value is -0.900. The first-order valence-corrected chi connectivity index (χ1v) is 5.06. The van der Waals surface area contributed by atoms with Gasteiger partial charge in [0, 0.05) is 13.0 Å². The second-order valence-electron chi connectivity index (χ2n) is 4.30. The van der Waals surface area contributed by atoms with Gasteiger partial charge in [-0.15, -0.1) is 0 Å². The maximum absolute atomic E-state index is 11.4. The van der Waals surface area contributed by atoms with Gasteiger partial charge >= 0.3 is 0 Å². The standard InChI is InChI=1S/C10H15NO3/c1-6(12)4-7-2-3-11-9(14)5-8(13)10(7)11/h7-8,10,13H,2-5H2,1H3/t7-,8+,10-/m1/s1. The van der Waals surface area contributed by atoms with Crippen molar-refractivity contribution in [1.29, 1.82) is 0 Å². The number of nitrogens with zero attached hydrogens (tertiary/aromatic N) is 1. The summed E-state index contributed by atoms with van der Waals surface area (Å²) in [7, 11) is 0. The number of aliphatic hydroxyl groups excluding tert-OH is 1. The van der Waals surface area contributed by atoms with Gasteiger partial charge in [-0.25, -0.2) is 0 Å². The Labute approximate surface area is 82.9 Å². The molecule has 2 aliphatic heterocycles. The largest absolute Gasteiger partial charge is 0.390 e. The lowest BCUT2D eigenvalue weighted by atomic mass is 9.92. The smallest absolute Gasteiger partial charge is 0.225 e. The van der Waals surface area contributed by atoms with Crippen LogP contribution in [0.3, 0.4) is 0 Å². The normalized spacial score (nSPS) is 36.3. The summed E-state index contributed by atoms with van der Waals surface area (Å²) < 4.78 is 0. The van der Waals surface area contributed by atoms with Crippen LogP contribution in [0.1, 0.15) is 26.2 Å². The van der Waals surface area contributed by atoms with E-state index in [0.717, 1.165) is 6.42 Å². The van der Waals surface area contributed by atoms with E-state index in [4.69, 9.17) is 0 Å². The van der Waals surface area contributed by atoms with Gasteiger partial charge < -0.3 is 14.8 Å². The number of hydrogen-bond acceptors (Lipinski definition) is 3. The number of aliphatic hydroxyl groups is 1. The number of hydrogen-bond donors (Lipinski definition) is 1. The van der Waals surface area contributed by atoms with Gasteiger partial charge in [-0.2, -0.15) is 0 Å². The highest BCUT2D eigenvalue weighted by molar-refractivity contribution is 5.81. The average Bonchev–Trinajstić information content (AvgIpc) is 2.56. The first-order chi connectivity index (χ1) is 6.59. The van der Waals surface area contributed by atoms with Crippen molar-refractivity contribution in [3.8, 4) is 0 Å². The van der Waals surface area contributed by atoms with Crippen LogP contribution in [0.25, 0.3) is 0 Å². The molecular formula is C10H15NO3. The van der Waals surface area contributed by atoms with Crippen LogP contribution in [0.2, 0.25) is 0 Å². The third kappa shape index (κ3) is 1.43. The number of fused-ring (bicyclic) bond motifs is 1. The van der Waals surface area contributed by atoms with Crippen LogP contribution in [0.15, 0.2) is 0 Å². The molecule has 2 fully saturated rings. The maximum atomic E-state index is 11.4. The van der Waals surface area contributed by atoms with E-state index >= 15 is 0 Å². The number of ketones is 1. The molecule has 78 valence electrons. The van der Waals surface area contributed by atoms with E-state index in [-0.39, 0.29) is 30.1 Å². The van der Waals surface area contributed by atoms with Gasteiger partial charge in [0.15, 0.2) is 0 Å². The summed E-state index contributed by atoms with van der Waals surface area (Å²) >= 11 is 0. The van der Waals surface area contributed by atoms with E-state index in [1.807, 2.05) is 0 Å². The van der Waals surface area contributed by atoms with Gasteiger partial charge in [-0.1, -0.05) is 0 Å². The minimum absolute atomic E-state index is 0.0357. The fourth-order valence-corrected chi connectivity index (χ4v) is 2.70. The van der Waals surface area contributed by atoms with Crippen molar-refractivity contribution in [1.82, 2.24) is 4.90 Å². The lowest BCUT2D eigenvalue weighted by Gasteiger charge is -2.22. The van der Waals surface area contributed by atoms with Crippen molar-refractivity contribution >= 4 is 11.7 Å². The molecule has 0 spiro atoms. The Balaban J connectivity index is 2.10. The molecule has 14 heavy (non-hydrogen) atoms. The molecule has 0 radical (unpaired) electrons. The minimum atomic E-state index is -0.561. The third-order valence-corrected chi connectivity index (χ3v) is 3.23. The number of rotatable bonds is 2. The molecule has 0 aliphatic carbocycles. The lowest BCUT2D eigenvalue weighted by Crippen LogP contribution is -2.35. The van der Waals surface area contributed by atoms with Crippen molar-refractivity contribution in [2.24, 2.45) is 5.92 Å². The Kier molecular flexibility index (Phi) is 2.31. The molecule has 2 heterocycles. The van der Waals surface area contributed by atoms with E-state index in [0.29, 0.717) is 13.0 Å². The van der Waals surface area contributed by atoms with Crippen LogP contribution >= 0.6 is 0 Å². The Morgan fingerprint density at radius 1 is 1.64 bits per heavy atom. The van der Waals surface area contributed by atoms with E-state index in [1.54, 1.807) is 11.8 Å². The molecule has 0 aromatic carbocycles.